The minimum absolute atomic E-state index is 0.292. The molecule has 2 nitrogen and oxygen atoms in total. The molecular formula is C13H16O2. The highest BCUT2D eigenvalue weighted by Crippen LogP contribution is 2.18. The van der Waals surface area contributed by atoms with Gasteiger partial charge in [0.2, 0.25) is 0 Å². The first-order chi connectivity index (χ1) is 7.22. The molecule has 0 unspecified atom stereocenters. The Balaban J connectivity index is 2.94. The lowest BCUT2D eigenvalue weighted by Crippen LogP contribution is -2.00. The molecule has 0 spiro atoms. The van der Waals surface area contributed by atoms with E-state index in [4.69, 9.17) is 0 Å². The number of rotatable bonds is 3. The Labute approximate surface area is 90.6 Å². The van der Waals surface area contributed by atoms with E-state index in [0.717, 1.165) is 12.0 Å². The van der Waals surface area contributed by atoms with Crippen molar-refractivity contribution in [2.24, 2.45) is 0 Å². The summed E-state index contributed by atoms with van der Waals surface area (Å²) in [6, 6.07) is 7.48. The van der Waals surface area contributed by atoms with Crippen molar-refractivity contribution in [3.05, 3.63) is 41.5 Å². The smallest absolute Gasteiger partial charge is 0.337 e. The number of benzene rings is 1. The van der Waals surface area contributed by atoms with E-state index in [2.05, 4.69) is 17.7 Å². The fourth-order valence-electron chi connectivity index (χ4n) is 1.51. The maximum Gasteiger partial charge on any atom is 0.337 e. The highest BCUT2D eigenvalue weighted by Gasteiger charge is 2.05. The molecule has 0 atom stereocenters. The topological polar surface area (TPSA) is 26.3 Å². The summed E-state index contributed by atoms with van der Waals surface area (Å²) in [5.41, 5.74) is 3.03. The van der Waals surface area contributed by atoms with Gasteiger partial charge in [-0.2, -0.15) is 0 Å². The molecular weight excluding hydrogens is 188 g/mol. The molecule has 0 aromatic heterocycles. The predicted octanol–water partition coefficient (Wildman–Crippen LogP) is 3.29. The van der Waals surface area contributed by atoms with E-state index in [1.807, 2.05) is 19.1 Å². The molecule has 1 aromatic rings. The summed E-state index contributed by atoms with van der Waals surface area (Å²) in [6.45, 7) is 4.14. The second-order valence-corrected chi connectivity index (χ2v) is 3.24. The van der Waals surface area contributed by atoms with Crippen LogP contribution in [0.1, 0.15) is 36.2 Å². The van der Waals surface area contributed by atoms with E-state index in [9.17, 15) is 4.79 Å². The van der Waals surface area contributed by atoms with Crippen molar-refractivity contribution in [3.63, 3.8) is 0 Å². The number of ether oxygens (including phenoxy) is 1. The summed E-state index contributed by atoms with van der Waals surface area (Å²) in [4.78, 5) is 11.2. The van der Waals surface area contributed by atoms with Gasteiger partial charge in [-0.15, -0.1) is 0 Å². The van der Waals surface area contributed by atoms with Gasteiger partial charge in [0.25, 0.3) is 0 Å². The van der Waals surface area contributed by atoms with Crippen molar-refractivity contribution >= 4 is 11.5 Å². The molecule has 0 aliphatic carbocycles. The number of hydrogen-bond donors (Lipinski definition) is 0. The summed E-state index contributed by atoms with van der Waals surface area (Å²) in [7, 11) is 1.39. The highest BCUT2D eigenvalue weighted by molar-refractivity contribution is 5.89. The van der Waals surface area contributed by atoms with Gasteiger partial charge >= 0.3 is 5.97 Å². The van der Waals surface area contributed by atoms with Gasteiger partial charge in [-0.05, 0) is 36.6 Å². The highest BCUT2D eigenvalue weighted by atomic mass is 16.5. The first-order valence-corrected chi connectivity index (χ1v) is 5.06. The molecule has 0 radical (unpaired) electrons. The monoisotopic (exact) mass is 204 g/mol. The standard InChI is InChI=1S/C13H16O2/c1-4-10(5-2)11-6-8-12(9-7-11)13(14)15-3/h4,6-9H,5H2,1-3H3. The van der Waals surface area contributed by atoms with Crippen molar-refractivity contribution < 1.29 is 9.53 Å². The lowest BCUT2D eigenvalue weighted by Gasteiger charge is -2.05. The number of carbonyl (C=O) groups is 1. The Morgan fingerprint density at radius 1 is 1.27 bits per heavy atom. The Morgan fingerprint density at radius 3 is 2.20 bits per heavy atom. The van der Waals surface area contributed by atoms with Gasteiger partial charge in [0, 0.05) is 0 Å². The predicted molar refractivity (Wildman–Crippen MR) is 61.7 cm³/mol. The van der Waals surface area contributed by atoms with Crippen LogP contribution in [0.3, 0.4) is 0 Å². The molecule has 2 heteroatoms. The summed E-state index contributed by atoms with van der Waals surface area (Å²) in [6.07, 6.45) is 3.08. The number of carbonyl (C=O) groups excluding carboxylic acids is 1. The van der Waals surface area contributed by atoms with Crippen LogP contribution in [0.15, 0.2) is 30.3 Å². The second-order valence-electron chi connectivity index (χ2n) is 3.24. The third kappa shape index (κ3) is 2.69. The molecule has 0 N–H and O–H groups in total. The normalized spacial score (nSPS) is 11.3. The van der Waals surface area contributed by atoms with Crippen LogP contribution in [0.2, 0.25) is 0 Å². The molecule has 0 saturated carbocycles. The molecule has 0 fully saturated rings. The summed E-state index contributed by atoms with van der Waals surface area (Å²) < 4.78 is 4.64. The van der Waals surface area contributed by atoms with Crippen molar-refractivity contribution in [2.45, 2.75) is 20.3 Å². The molecule has 80 valence electrons. The molecule has 0 heterocycles. The molecule has 1 rings (SSSR count). The van der Waals surface area contributed by atoms with E-state index in [1.165, 1.54) is 12.7 Å². The van der Waals surface area contributed by atoms with Crippen molar-refractivity contribution in [3.8, 4) is 0 Å². The van der Waals surface area contributed by atoms with Crippen molar-refractivity contribution in [1.82, 2.24) is 0 Å². The Morgan fingerprint density at radius 2 is 1.80 bits per heavy atom. The summed E-state index contributed by atoms with van der Waals surface area (Å²) in [5, 5.41) is 0. The van der Waals surface area contributed by atoms with Gasteiger partial charge in [0.15, 0.2) is 0 Å². The average Bonchev–Trinajstić information content (AvgIpc) is 2.30. The lowest BCUT2D eigenvalue weighted by molar-refractivity contribution is 0.0601. The fraction of sp³-hybridized carbons (Fsp3) is 0.308. The van der Waals surface area contributed by atoms with Crippen LogP contribution in [0, 0.1) is 0 Å². The van der Waals surface area contributed by atoms with Gasteiger partial charge in [-0.1, -0.05) is 25.1 Å². The van der Waals surface area contributed by atoms with Crippen molar-refractivity contribution in [1.29, 1.82) is 0 Å². The van der Waals surface area contributed by atoms with Crippen LogP contribution < -0.4 is 0 Å². The van der Waals surface area contributed by atoms with E-state index in [-0.39, 0.29) is 5.97 Å². The molecule has 0 bridgehead atoms. The maximum absolute atomic E-state index is 11.2. The van der Waals surface area contributed by atoms with E-state index in [0.29, 0.717) is 5.56 Å². The minimum atomic E-state index is -0.292. The van der Waals surface area contributed by atoms with Crippen LogP contribution in [0.25, 0.3) is 5.57 Å². The molecule has 1 aromatic carbocycles. The van der Waals surface area contributed by atoms with E-state index in [1.54, 1.807) is 12.1 Å². The number of allylic oxidation sites excluding steroid dienone is 2. The number of hydrogen-bond acceptors (Lipinski definition) is 2. The van der Waals surface area contributed by atoms with Crippen LogP contribution in [-0.4, -0.2) is 13.1 Å². The minimum Gasteiger partial charge on any atom is -0.465 e. The first-order valence-electron chi connectivity index (χ1n) is 5.06. The Hall–Kier alpha value is -1.57. The molecule has 15 heavy (non-hydrogen) atoms. The third-order valence-electron chi connectivity index (χ3n) is 2.41. The second kappa shape index (κ2) is 5.35. The quantitative estimate of drug-likeness (QED) is 0.706. The average molecular weight is 204 g/mol. The number of esters is 1. The van der Waals surface area contributed by atoms with Gasteiger partial charge in [-0.25, -0.2) is 4.79 Å². The van der Waals surface area contributed by atoms with Crippen LogP contribution in [-0.2, 0) is 4.74 Å². The first kappa shape index (κ1) is 11.5. The molecule has 0 aliphatic rings. The lowest BCUT2D eigenvalue weighted by atomic mass is 10.0. The molecule has 0 amide bonds. The zero-order chi connectivity index (χ0) is 11.3. The fourth-order valence-corrected chi connectivity index (χ4v) is 1.51. The number of methoxy groups -OCH3 is 1. The zero-order valence-corrected chi connectivity index (χ0v) is 9.41. The SMILES string of the molecule is CC=C(CC)c1ccc(C(=O)OC)cc1. The van der Waals surface area contributed by atoms with E-state index >= 15 is 0 Å². The zero-order valence-electron chi connectivity index (χ0n) is 9.41. The third-order valence-corrected chi connectivity index (χ3v) is 2.41. The van der Waals surface area contributed by atoms with Gasteiger partial charge in [0.05, 0.1) is 12.7 Å². The van der Waals surface area contributed by atoms with Gasteiger partial charge < -0.3 is 4.74 Å². The maximum atomic E-state index is 11.2. The van der Waals surface area contributed by atoms with Gasteiger partial charge in [0.1, 0.15) is 0 Å². The Kier molecular flexibility index (Phi) is 4.10. The van der Waals surface area contributed by atoms with E-state index < -0.39 is 0 Å². The summed E-state index contributed by atoms with van der Waals surface area (Å²) >= 11 is 0. The van der Waals surface area contributed by atoms with Crippen LogP contribution in [0.5, 0.6) is 0 Å². The summed E-state index contributed by atoms with van der Waals surface area (Å²) in [5.74, 6) is -0.292. The van der Waals surface area contributed by atoms with Crippen LogP contribution >= 0.6 is 0 Å². The van der Waals surface area contributed by atoms with Crippen molar-refractivity contribution in [2.75, 3.05) is 7.11 Å². The Bertz CT molecular complexity index is 361. The largest absolute Gasteiger partial charge is 0.465 e. The van der Waals surface area contributed by atoms with Crippen LogP contribution in [0.4, 0.5) is 0 Å². The molecule has 0 saturated heterocycles. The molecule has 0 aliphatic heterocycles. The van der Waals surface area contributed by atoms with Gasteiger partial charge in [-0.3, -0.25) is 0 Å².